The summed E-state index contributed by atoms with van der Waals surface area (Å²) in [7, 11) is -7.14. The molecule has 3 aromatic rings. The Morgan fingerprint density at radius 2 is 1.67 bits per heavy atom. The normalized spacial score (nSPS) is 15.4. The van der Waals surface area contributed by atoms with Crippen molar-refractivity contribution in [3.8, 4) is 0 Å². The smallest absolute Gasteiger partial charge is 0.243 e. The number of para-hydroxylation sites is 2. The SMILES string of the molecule is CS(=O)(=O)Nc1ccc(S(=O)(=O)N2CCNc3nc4ccccc4n3CC2)cc1.Cl. The van der Waals surface area contributed by atoms with E-state index < -0.39 is 20.0 Å². The second-order valence-electron chi connectivity index (χ2n) is 6.81. The number of nitrogens with one attached hydrogen (secondary N) is 2. The lowest BCUT2D eigenvalue weighted by Crippen LogP contribution is -2.39. The van der Waals surface area contributed by atoms with Crippen LogP contribution in [0.5, 0.6) is 0 Å². The van der Waals surface area contributed by atoms with Crippen LogP contribution >= 0.6 is 12.4 Å². The van der Waals surface area contributed by atoms with Crippen molar-refractivity contribution in [2.24, 2.45) is 0 Å². The lowest BCUT2D eigenvalue weighted by Gasteiger charge is -2.26. The topological polar surface area (TPSA) is 113 Å². The predicted molar refractivity (Wildman–Crippen MR) is 119 cm³/mol. The summed E-state index contributed by atoms with van der Waals surface area (Å²) >= 11 is 0. The molecular formula is C18H22ClN5O4S2. The van der Waals surface area contributed by atoms with E-state index in [0.29, 0.717) is 31.9 Å². The molecule has 1 aliphatic heterocycles. The maximum atomic E-state index is 13.1. The minimum atomic E-state index is -3.72. The van der Waals surface area contributed by atoms with Gasteiger partial charge in [-0.25, -0.2) is 21.8 Å². The molecular weight excluding hydrogens is 450 g/mol. The number of aromatic nitrogens is 2. The predicted octanol–water partition coefficient (Wildman–Crippen LogP) is 1.95. The van der Waals surface area contributed by atoms with E-state index in [1.54, 1.807) is 0 Å². The summed E-state index contributed by atoms with van der Waals surface area (Å²) in [6, 6.07) is 13.4. The number of nitrogens with zero attached hydrogens (tertiary/aromatic N) is 3. The molecule has 0 saturated heterocycles. The summed E-state index contributed by atoms with van der Waals surface area (Å²) < 4.78 is 54.6. The fourth-order valence-corrected chi connectivity index (χ4v) is 5.35. The van der Waals surface area contributed by atoms with Crippen LogP contribution in [0.2, 0.25) is 0 Å². The second kappa shape index (κ2) is 8.42. The van der Waals surface area contributed by atoms with E-state index in [9.17, 15) is 16.8 Å². The molecule has 0 spiro atoms. The van der Waals surface area contributed by atoms with Gasteiger partial charge < -0.3 is 9.88 Å². The standard InChI is InChI=1S/C18H21N5O4S2.ClH/c1-28(24,25)21-14-6-8-15(9-7-14)29(26,27)22-11-10-19-18-20-16-4-2-3-5-17(16)23(18)13-12-22;/h2-9,21H,10-13H2,1H3,(H,19,20);1H. The number of hydrogen-bond donors (Lipinski definition) is 2. The molecule has 2 aromatic carbocycles. The third-order valence-corrected chi connectivity index (χ3v) is 7.19. The summed E-state index contributed by atoms with van der Waals surface area (Å²) in [5.41, 5.74) is 2.13. The Hall–Kier alpha value is -2.34. The Morgan fingerprint density at radius 1 is 0.967 bits per heavy atom. The van der Waals surface area contributed by atoms with Gasteiger partial charge in [0, 0.05) is 31.9 Å². The number of benzene rings is 2. The zero-order chi connectivity index (χ0) is 20.6. The molecule has 0 aliphatic carbocycles. The number of hydrogen-bond acceptors (Lipinski definition) is 6. The Bertz CT molecular complexity index is 1260. The van der Waals surface area contributed by atoms with E-state index in [1.807, 2.05) is 28.8 Å². The van der Waals surface area contributed by atoms with Crippen molar-refractivity contribution >= 4 is 55.1 Å². The van der Waals surface area contributed by atoms with Gasteiger partial charge in [-0.2, -0.15) is 4.31 Å². The van der Waals surface area contributed by atoms with Crippen LogP contribution in [0.4, 0.5) is 11.6 Å². The minimum absolute atomic E-state index is 0. The third-order valence-electron chi connectivity index (χ3n) is 4.67. The van der Waals surface area contributed by atoms with Gasteiger partial charge in [-0.1, -0.05) is 12.1 Å². The molecule has 4 rings (SSSR count). The summed E-state index contributed by atoms with van der Waals surface area (Å²) in [4.78, 5) is 4.69. The average molecular weight is 472 g/mol. The van der Waals surface area contributed by atoms with Crippen LogP contribution in [0.1, 0.15) is 0 Å². The van der Waals surface area contributed by atoms with Gasteiger partial charge in [0.2, 0.25) is 26.0 Å². The lowest BCUT2D eigenvalue weighted by molar-refractivity contribution is 0.397. The molecule has 30 heavy (non-hydrogen) atoms. The van der Waals surface area contributed by atoms with E-state index in [1.165, 1.54) is 28.6 Å². The van der Waals surface area contributed by atoms with Crippen LogP contribution in [0.15, 0.2) is 53.4 Å². The van der Waals surface area contributed by atoms with Crippen LogP contribution in [-0.4, -0.2) is 56.6 Å². The van der Waals surface area contributed by atoms with E-state index in [0.717, 1.165) is 23.2 Å². The summed E-state index contributed by atoms with van der Waals surface area (Å²) in [5, 5.41) is 3.21. The van der Waals surface area contributed by atoms with E-state index in [4.69, 9.17) is 0 Å². The highest BCUT2D eigenvalue weighted by molar-refractivity contribution is 7.92. The Balaban J connectivity index is 0.00000256. The van der Waals surface area contributed by atoms with E-state index in [-0.39, 0.29) is 17.3 Å². The van der Waals surface area contributed by atoms with Gasteiger partial charge in [0.05, 0.1) is 22.2 Å². The molecule has 2 N–H and O–H groups in total. The molecule has 1 aromatic heterocycles. The number of fused-ring (bicyclic) bond motifs is 3. The molecule has 0 atom stereocenters. The van der Waals surface area contributed by atoms with Gasteiger partial charge in [-0.15, -0.1) is 12.4 Å². The first-order chi connectivity index (χ1) is 13.7. The van der Waals surface area contributed by atoms with Crippen LogP contribution in [0.3, 0.4) is 0 Å². The average Bonchev–Trinajstić information content (AvgIpc) is 2.97. The van der Waals surface area contributed by atoms with Gasteiger partial charge in [-0.05, 0) is 36.4 Å². The van der Waals surface area contributed by atoms with Crippen LogP contribution in [-0.2, 0) is 26.6 Å². The molecule has 1 aliphatic rings. The van der Waals surface area contributed by atoms with Gasteiger partial charge in [0.1, 0.15) is 0 Å². The number of halogens is 1. The van der Waals surface area contributed by atoms with Crippen LogP contribution in [0, 0.1) is 0 Å². The van der Waals surface area contributed by atoms with Gasteiger partial charge in [0.15, 0.2) is 0 Å². The van der Waals surface area contributed by atoms with Crippen molar-refractivity contribution in [1.29, 1.82) is 0 Å². The molecule has 9 nitrogen and oxygen atoms in total. The molecule has 0 saturated carbocycles. The monoisotopic (exact) mass is 471 g/mol. The number of rotatable bonds is 4. The zero-order valence-corrected chi connectivity index (χ0v) is 18.6. The summed E-state index contributed by atoms with van der Waals surface area (Å²) in [5.74, 6) is 0.736. The highest BCUT2D eigenvalue weighted by Gasteiger charge is 2.26. The Kier molecular flexibility index (Phi) is 6.27. The molecule has 0 unspecified atom stereocenters. The molecule has 0 amide bonds. The number of imidazole rings is 1. The van der Waals surface area contributed by atoms with Crippen molar-refractivity contribution in [1.82, 2.24) is 13.9 Å². The van der Waals surface area contributed by atoms with Crippen molar-refractivity contribution in [3.05, 3.63) is 48.5 Å². The van der Waals surface area contributed by atoms with Gasteiger partial charge in [-0.3, -0.25) is 4.72 Å². The van der Waals surface area contributed by atoms with E-state index in [2.05, 4.69) is 15.0 Å². The quantitative estimate of drug-likeness (QED) is 0.601. The summed E-state index contributed by atoms with van der Waals surface area (Å²) in [6.45, 7) is 1.50. The summed E-state index contributed by atoms with van der Waals surface area (Å²) in [6.07, 6.45) is 1.04. The highest BCUT2D eigenvalue weighted by atomic mass is 35.5. The molecule has 162 valence electrons. The van der Waals surface area contributed by atoms with Gasteiger partial charge >= 0.3 is 0 Å². The first kappa shape index (κ1) is 22.3. The minimum Gasteiger partial charge on any atom is -0.354 e. The fourth-order valence-electron chi connectivity index (χ4n) is 3.35. The fraction of sp³-hybridized carbons (Fsp3) is 0.278. The molecule has 12 heteroatoms. The van der Waals surface area contributed by atoms with Crippen molar-refractivity contribution in [3.63, 3.8) is 0 Å². The largest absolute Gasteiger partial charge is 0.354 e. The van der Waals surface area contributed by atoms with Crippen molar-refractivity contribution < 1.29 is 16.8 Å². The molecule has 0 radical (unpaired) electrons. The number of sulfonamides is 2. The Morgan fingerprint density at radius 3 is 2.37 bits per heavy atom. The first-order valence-corrected chi connectivity index (χ1v) is 12.3. The van der Waals surface area contributed by atoms with Crippen molar-refractivity contribution in [2.75, 3.05) is 35.9 Å². The molecule has 0 bridgehead atoms. The van der Waals surface area contributed by atoms with Crippen molar-refractivity contribution in [2.45, 2.75) is 11.4 Å². The van der Waals surface area contributed by atoms with Crippen LogP contribution in [0.25, 0.3) is 11.0 Å². The molecule has 0 fully saturated rings. The highest BCUT2D eigenvalue weighted by Crippen LogP contribution is 2.23. The van der Waals surface area contributed by atoms with Gasteiger partial charge in [0.25, 0.3) is 0 Å². The van der Waals surface area contributed by atoms with Crippen LogP contribution < -0.4 is 10.0 Å². The lowest BCUT2D eigenvalue weighted by atomic mass is 10.3. The first-order valence-electron chi connectivity index (χ1n) is 9.01. The zero-order valence-electron chi connectivity index (χ0n) is 16.1. The third kappa shape index (κ3) is 4.53. The number of anilines is 2. The Labute approximate surface area is 181 Å². The maximum absolute atomic E-state index is 13.1. The second-order valence-corrected chi connectivity index (χ2v) is 10.5. The van der Waals surface area contributed by atoms with E-state index >= 15 is 0 Å². The maximum Gasteiger partial charge on any atom is 0.243 e. The molecule has 2 heterocycles.